The van der Waals surface area contributed by atoms with Crippen molar-refractivity contribution >= 4 is 26.9 Å². The zero-order valence-corrected chi connectivity index (χ0v) is 9.04. The van der Waals surface area contributed by atoms with Gasteiger partial charge in [0.2, 0.25) is 0 Å². The van der Waals surface area contributed by atoms with Crippen LogP contribution >= 0.6 is 15.9 Å². The maximum absolute atomic E-state index is 5.27. The van der Waals surface area contributed by atoms with Gasteiger partial charge in [0.25, 0.3) is 0 Å². The summed E-state index contributed by atoms with van der Waals surface area (Å²) in [7, 11) is 0. The van der Waals surface area contributed by atoms with Gasteiger partial charge in [-0.1, -0.05) is 28.9 Å². The fraction of sp³-hybridized carbons (Fsp3) is 0.273. The number of benzene rings is 1. The van der Waals surface area contributed by atoms with E-state index in [0.29, 0.717) is 4.83 Å². The summed E-state index contributed by atoms with van der Waals surface area (Å²) in [6.45, 7) is 2.15. The summed E-state index contributed by atoms with van der Waals surface area (Å²) in [5.41, 5.74) is 2.31. The van der Waals surface area contributed by atoms with Gasteiger partial charge >= 0.3 is 0 Å². The highest BCUT2D eigenvalue weighted by Gasteiger charge is 2.01. The third kappa shape index (κ3) is 1.94. The van der Waals surface area contributed by atoms with E-state index in [1.807, 2.05) is 12.1 Å². The number of fused-ring (bicyclic) bond motifs is 1. The third-order valence-corrected chi connectivity index (χ3v) is 2.36. The molecule has 1 atom stereocenters. The molecular formula is C11H11BrO. The Bertz CT molecular complexity index is 403. The number of furan rings is 1. The lowest BCUT2D eigenvalue weighted by molar-refractivity contribution is 0.616. The topological polar surface area (TPSA) is 13.1 Å². The molecule has 1 unspecified atom stereocenters. The molecule has 0 aliphatic rings. The number of alkyl halides is 1. The fourth-order valence-corrected chi connectivity index (χ4v) is 1.84. The zero-order valence-electron chi connectivity index (χ0n) is 7.46. The Balaban J connectivity index is 2.37. The van der Waals surface area contributed by atoms with Crippen LogP contribution in [-0.4, -0.2) is 4.83 Å². The van der Waals surface area contributed by atoms with E-state index in [-0.39, 0.29) is 0 Å². The molecule has 0 saturated carbocycles. The highest BCUT2D eigenvalue weighted by atomic mass is 79.9. The van der Waals surface area contributed by atoms with Crippen molar-refractivity contribution in [3.05, 3.63) is 36.1 Å². The molecule has 1 heterocycles. The monoisotopic (exact) mass is 238 g/mol. The van der Waals surface area contributed by atoms with Crippen molar-refractivity contribution in [3.8, 4) is 0 Å². The van der Waals surface area contributed by atoms with Gasteiger partial charge in [-0.15, -0.1) is 0 Å². The Morgan fingerprint density at radius 3 is 3.00 bits per heavy atom. The molecule has 2 rings (SSSR count). The second-order valence-corrected chi connectivity index (χ2v) is 4.84. The van der Waals surface area contributed by atoms with Gasteiger partial charge in [0.15, 0.2) is 0 Å². The molecule has 0 fully saturated rings. The lowest BCUT2D eigenvalue weighted by Gasteiger charge is -2.02. The molecule has 0 amide bonds. The Labute approximate surface area is 85.9 Å². The van der Waals surface area contributed by atoms with Crippen LogP contribution in [0.4, 0.5) is 0 Å². The maximum atomic E-state index is 5.27. The Hall–Kier alpha value is -0.760. The van der Waals surface area contributed by atoms with E-state index >= 15 is 0 Å². The van der Waals surface area contributed by atoms with Crippen molar-refractivity contribution in [1.29, 1.82) is 0 Å². The molecule has 0 aliphatic heterocycles. The predicted molar refractivity (Wildman–Crippen MR) is 58.3 cm³/mol. The Kier molecular flexibility index (Phi) is 2.40. The molecule has 68 valence electrons. The zero-order chi connectivity index (χ0) is 9.26. The van der Waals surface area contributed by atoms with E-state index in [1.54, 1.807) is 6.26 Å². The first-order chi connectivity index (χ1) is 6.25. The Morgan fingerprint density at radius 2 is 2.23 bits per heavy atom. The van der Waals surface area contributed by atoms with Gasteiger partial charge in [0.05, 0.1) is 6.26 Å². The molecule has 0 N–H and O–H groups in total. The van der Waals surface area contributed by atoms with Crippen molar-refractivity contribution in [3.63, 3.8) is 0 Å². The van der Waals surface area contributed by atoms with Crippen molar-refractivity contribution in [2.75, 3.05) is 0 Å². The van der Waals surface area contributed by atoms with Crippen LogP contribution in [0.3, 0.4) is 0 Å². The molecule has 13 heavy (non-hydrogen) atoms. The minimum atomic E-state index is 0.525. The van der Waals surface area contributed by atoms with Gasteiger partial charge in [-0.3, -0.25) is 0 Å². The van der Waals surface area contributed by atoms with Crippen molar-refractivity contribution in [2.24, 2.45) is 0 Å². The molecule has 0 radical (unpaired) electrons. The van der Waals surface area contributed by atoms with Gasteiger partial charge < -0.3 is 4.42 Å². The molecule has 0 bridgehead atoms. The largest absolute Gasteiger partial charge is 0.464 e. The van der Waals surface area contributed by atoms with Gasteiger partial charge in [0.1, 0.15) is 5.58 Å². The normalized spacial score (nSPS) is 13.4. The molecule has 1 aromatic heterocycles. The molecule has 2 heteroatoms. The van der Waals surface area contributed by atoms with Crippen molar-refractivity contribution < 1.29 is 4.42 Å². The molecule has 1 aromatic carbocycles. The smallest absolute Gasteiger partial charge is 0.133 e. The summed E-state index contributed by atoms with van der Waals surface area (Å²) < 4.78 is 5.27. The maximum Gasteiger partial charge on any atom is 0.133 e. The fourth-order valence-electron chi connectivity index (χ4n) is 1.47. The van der Waals surface area contributed by atoms with Gasteiger partial charge in [-0.25, -0.2) is 0 Å². The van der Waals surface area contributed by atoms with E-state index in [9.17, 15) is 0 Å². The van der Waals surface area contributed by atoms with Crippen molar-refractivity contribution in [2.45, 2.75) is 18.2 Å². The Morgan fingerprint density at radius 1 is 1.38 bits per heavy atom. The first-order valence-electron chi connectivity index (χ1n) is 4.36. The summed E-state index contributed by atoms with van der Waals surface area (Å²) in [6, 6.07) is 8.32. The third-order valence-electron chi connectivity index (χ3n) is 2.03. The van der Waals surface area contributed by atoms with Crippen LogP contribution in [0.15, 0.2) is 34.9 Å². The lowest BCUT2D eigenvalue weighted by Crippen LogP contribution is -1.95. The van der Waals surface area contributed by atoms with Gasteiger partial charge in [-0.05, 0) is 30.2 Å². The predicted octanol–water partition coefficient (Wildman–Crippen LogP) is 3.76. The minimum absolute atomic E-state index is 0.525. The van der Waals surface area contributed by atoms with E-state index in [1.165, 1.54) is 10.9 Å². The van der Waals surface area contributed by atoms with E-state index in [2.05, 4.69) is 35.0 Å². The number of hydrogen-bond donors (Lipinski definition) is 0. The van der Waals surface area contributed by atoms with Crippen molar-refractivity contribution in [1.82, 2.24) is 0 Å². The van der Waals surface area contributed by atoms with Crippen LogP contribution in [0.5, 0.6) is 0 Å². The van der Waals surface area contributed by atoms with Crippen LogP contribution in [-0.2, 0) is 6.42 Å². The quantitative estimate of drug-likeness (QED) is 0.727. The van der Waals surface area contributed by atoms with Crippen LogP contribution in [0.1, 0.15) is 12.5 Å². The summed E-state index contributed by atoms with van der Waals surface area (Å²) >= 11 is 3.54. The van der Waals surface area contributed by atoms with E-state index < -0.39 is 0 Å². The number of rotatable bonds is 2. The second kappa shape index (κ2) is 3.54. The summed E-state index contributed by atoms with van der Waals surface area (Å²) in [5.74, 6) is 0. The average Bonchev–Trinajstić information content (AvgIpc) is 2.49. The first kappa shape index (κ1) is 8.82. The van der Waals surface area contributed by atoms with Crippen LogP contribution in [0.2, 0.25) is 0 Å². The van der Waals surface area contributed by atoms with Gasteiger partial charge in [-0.2, -0.15) is 0 Å². The molecule has 0 aliphatic carbocycles. The minimum Gasteiger partial charge on any atom is -0.464 e. The highest BCUT2D eigenvalue weighted by molar-refractivity contribution is 9.09. The highest BCUT2D eigenvalue weighted by Crippen LogP contribution is 2.18. The molecular weight excluding hydrogens is 228 g/mol. The first-order valence-corrected chi connectivity index (χ1v) is 5.27. The summed E-state index contributed by atoms with van der Waals surface area (Å²) in [5, 5.41) is 1.19. The SMILES string of the molecule is CC(Br)Cc1ccc2occc2c1. The lowest BCUT2D eigenvalue weighted by atomic mass is 10.1. The number of halogens is 1. The van der Waals surface area contributed by atoms with Gasteiger partial charge in [0, 0.05) is 10.2 Å². The summed E-state index contributed by atoms with van der Waals surface area (Å²) in [6.07, 6.45) is 2.78. The van der Waals surface area contributed by atoms with Crippen LogP contribution in [0, 0.1) is 0 Å². The van der Waals surface area contributed by atoms with E-state index in [0.717, 1.165) is 12.0 Å². The molecule has 0 spiro atoms. The second-order valence-electron chi connectivity index (χ2n) is 3.28. The molecule has 1 nitrogen and oxygen atoms in total. The van der Waals surface area contributed by atoms with E-state index in [4.69, 9.17) is 4.42 Å². The standard InChI is InChI=1S/C11H11BrO/c1-8(12)6-9-2-3-11-10(7-9)4-5-13-11/h2-5,7-8H,6H2,1H3. The number of hydrogen-bond acceptors (Lipinski definition) is 1. The van der Waals surface area contributed by atoms with Crippen LogP contribution < -0.4 is 0 Å². The summed E-state index contributed by atoms with van der Waals surface area (Å²) in [4.78, 5) is 0.525. The average molecular weight is 239 g/mol. The molecule has 0 saturated heterocycles. The molecule has 2 aromatic rings. The van der Waals surface area contributed by atoms with Crippen LogP contribution in [0.25, 0.3) is 11.0 Å².